The third-order valence-corrected chi connectivity index (χ3v) is 3.42. The van der Waals surface area contributed by atoms with Crippen molar-refractivity contribution in [2.24, 2.45) is 0 Å². The summed E-state index contributed by atoms with van der Waals surface area (Å²) in [5.41, 5.74) is 1.36. The van der Waals surface area contributed by atoms with Crippen molar-refractivity contribution >= 4 is 23.4 Å². The fraction of sp³-hybridized carbons (Fsp3) is 0.182. The molecule has 1 aromatic rings. The van der Waals surface area contributed by atoms with Gasteiger partial charge in [-0.05, 0) is 31.5 Å². The van der Waals surface area contributed by atoms with E-state index >= 15 is 0 Å². The highest BCUT2D eigenvalue weighted by Gasteiger charge is 2.16. The van der Waals surface area contributed by atoms with Gasteiger partial charge in [0.15, 0.2) is 0 Å². The Morgan fingerprint density at radius 1 is 1.40 bits per heavy atom. The van der Waals surface area contributed by atoms with Crippen molar-refractivity contribution in [1.82, 2.24) is 4.98 Å². The number of anilines is 1. The Bertz CT molecular complexity index is 389. The van der Waals surface area contributed by atoms with Crippen molar-refractivity contribution < 1.29 is 0 Å². The van der Waals surface area contributed by atoms with Crippen LogP contribution in [-0.2, 0) is 0 Å². The van der Waals surface area contributed by atoms with Gasteiger partial charge in [-0.2, -0.15) is 0 Å². The summed E-state index contributed by atoms with van der Waals surface area (Å²) >= 11 is 1.85. The van der Waals surface area contributed by atoms with Crippen molar-refractivity contribution in [3.8, 4) is 0 Å². The molecule has 0 N–H and O–H groups in total. The van der Waals surface area contributed by atoms with E-state index in [1.54, 1.807) is 0 Å². The van der Waals surface area contributed by atoms with Crippen LogP contribution in [0.5, 0.6) is 0 Å². The van der Waals surface area contributed by atoms with Crippen LogP contribution in [0.3, 0.4) is 0 Å². The topological polar surface area (TPSA) is 16.1 Å². The molecule has 0 radical (unpaired) electrons. The molecule has 76 valence electrons. The van der Waals surface area contributed by atoms with E-state index in [9.17, 15) is 0 Å². The maximum absolute atomic E-state index is 4.31. The van der Waals surface area contributed by atoms with E-state index in [1.807, 2.05) is 36.0 Å². The molecule has 0 fully saturated rings. The molecule has 0 bridgehead atoms. The smallest absolute Gasteiger partial charge is 0.265 e. The molecule has 0 aromatic carbocycles. The lowest BCUT2D eigenvalue weighted by molar-refractivity contribution is 1.16. The Balaban J connectivity index is 2.22. The predicted molar refractivity (Wildman–Crippen MR) is 68.9 cm³/mol. The number of pyridine rings is 1. The minimum Gasteiger partial charge on any atom is -0.311 e. The number of hydrogen-bond donors (Lipinski definition) is 0. The van der Waals surface area contributed by atoms with Gasteiger partial charge in [0, 0.05) is 12.4 Å². The molecule has 15 heavy (non-hydrogen) atoms. The summed E-state index contributed by atoms with van der Waals surface area (Å²) in [4.78, 5) is 6.37. The van der Waals surface area contributed by atoms with Crippen LogP contribution < -0.4 is 4.90 Å². The Morgan fingerprint density at radius 2 is 2.27 bits per heavy atom. The molecule has 0 unspecified atom stereocenters. The van der Waals surface area contributed by atoms with E-state index in [0.29, 0.717) is 5.99 Å². The zero-order valence-corrected chi connectivity index (χ0v) is 9.74. The van der Waals surface area contributed by atoms with Gasteiger partial charge in [-0.3, -0.25) is 0 Å². The van der Waals surface area contributed by atoms with Crippen LogP contribution in [0.15, 0.2) is 48.2 Å². The summed E-state index contributed by atoms with van der Waals surface area (Å²) < 4.78 is 0. The van der Waals surface area contributed by atoms with Gasteiger partial charge in [-0.1, -0.05) is 17.5 Å². The third-order valence-electron chi connectivity index (χ3n) is 2.38. The molecule has 4 heteroatoms. The molecule has 2 heterocycles. The summed E-state index contributed by atoms with van der Waals surface area (Å²) in [5.74, 6) is 3.67. The Morgan fingerprint density at radius 3 is 2.87 bits per heavy atom. The van der Waals surface area contributed by atoms with Crippen molar-refractivity contribution in [1.29, 1.82) is 0 Å². The van der Waals surface area contributed by atoms with Crippen LogP contribution >= 0.6 is 11.6 Å². The highest BCUT2D eigenvalue weighted by Crippen LogP contribution is 2.21. The number of aromatic nitrogens is 1. The van der Waals surface area contributed by atoms with Gasteiger partial charge in [0.1, 0.15) is 5.82 Å². The molecule has 0 saturated carbocycles. The molecule has 0 saturated heterocycles. The lowest BCUT2D eigenvalue weighted by Crippen LogP contribution is -2.20. The van der Waals surface area contributed by atoms with Crippen molar-refractivity contribution in [3.63, 3.8) is 0 Å². The SMILES string of the molecule is CSB1C=CN(c2ccccn2)C=C1C. The summed E-state index contributed by atoms with van der Waals surface area (Å²) in [5, 5.41) is 0. The first-order valence-corrected chi connectivity index (χ1v) is 6.19. The van der Waals surface area contributed by atoms with E-state index < -0.39 is 0 Å². The fourth-order valence-electron chi connectivity index (χ4n) is 1.57. The van der Waals surface area contributed by atoms with E-state index in [-0.39, 0.29) is 0 Å². The highest BCUT2D eigenvalue weighted by molar-refractivity contribution is 8.26. The monoisotopic (exact) mass is 216 g/mol. The lowest BCUT2D eigenvalue weighted by Gasteiger charge is -2.22. The van der Waals surface area contributed by atoms with E-state index in [1.165, 1.54) is 5.47 Å². The Kier molecular flexibility index (Phi) is 3.16. The first-order valence-electron chi connectivity index (χ1n) is 4.90. The van der Waals surface area contributed by atoms with Gasteiger partial charge in [0.2, 0.25) is 0 Å². The van der Waals surface area contributed by atoms with Crippen LogP contribution in [0, 0.1) is 0 Å². The third kappa shape index (κ3) is 2.26. The van der Waals surface area contributed by atoms with Gasteiger partial charge in [0.05, 0.1) is 0 Å². The molecule has 0 spiro atoms. The maximum atomic E-state index is 4.31. The minimum absolute atomic E-state index is 0.505. The Hall–Kier alpha value is -1.16. The second kappa shape index (κ2) is 4.58. The molecule has 0 amide bonds. The number of rotatable bonds is 2. The summed E-state index contributed by atoms with van der Waals surface area (Å²) in [7, 11) is 0. The molecule has 1 aromatic heterocycles. The summed E-state index contributed by atoms with van der Waals surface area (Å²) in [6.07, 6.45) is 8.16. The van der Waals surface area contributed by atoms with Crippen molar-refractivity contribution in [2.75, 3.05) is 11.2 Å². The number of nitrogens with zero attached hydrogens (tertiary/aromatic N) is 2. The van der Waals surface area contributed by atoms with Crippen molar-refractivity contribution in [2.45, 2.75) is 6.92 Å². The predicted octanol–water partition coefficient (Wildman–Crippen LogP) is 2.75. The van der Waals surface area contributed by atoms with Gasteiger partial charge in [-0.25, -0.2) is 16.6 Å². The quantitative estimate of drug-likeness (QED) is 0.707. The van der Waals surface area contributed by atoms with Crippen molar-refractivity contribution in [3.05, 3.63) is 48.2 Å². The highest BCUT2D eigenvalue weighted by atomic mass is 32.2. The first kappa shape index (κ1) is 10.4. The lowest BCUT2D eigenvalue weighted by atomic mass is 9.67. The average Bonchev–Trinajstić information content (AvgIpc) is 2.30. The zero-order valence-electron chi connectivity index (χ0n) is 8.92. The molecule has 0 aliphatic carbocycles. The molecule has 2 rings (SSSR count). The van der Waals surface area contributed by atoms with Crippen LogP contribution in [-0.4, -0.2) is 17.2 Å². The Labute approximate surface area is 95.1 Å². The molecular weight excluding hydrogens is 203 g/mol. The van der Waals surface area contributed by atoms with Crippen LogP contribution in [0.4, 0.5) is 5.82 Å². The van der Waals surface area contributed by atoms with Gasteiger partial charge in [-0.15, -0.1) is 0 Å². The average molecular weight is 216 g/mol. The van der Waals surface area contributed by atoms with Gasteiger partial charge in [0.25, 0.3) is 5.99 Å². The molecule has 2 nitrogen and oxygen atoms in total. The molecule has 1 aliphatic heterocycles. The van der Waals surface area contributed by atoms with Crippen LogP contribution in [0.25, 0.3) is 0 Å². The first-order chi connectivity index (χ1) is 7.31. The fourth-order valence-corrected chi connectivity index (χ4v) is 2.23. The van der Waals surface area contributed by atoms with E-state index in [2.05, 4.69) is 41.4 Å². The standard InChI is InChI=1S/C11H13BN2S/c1-10-9-14(8-6-12(10)15-2)11-5-3-4-7-13-11/h3-9H,1-2H3. The van der Waals surface area contributed by atoms with Crippen LogP contribution in [0.2, 0.25) is 0 Å². The molecular formula is C11H13BN2S. The minimum atomic E-state index is 0.505. The molecule has 1 aliphatic rings. The van der Waals surface area contributed by atoms with Gasteiger partial charge < -0.3 is 4.90 Å². The molecule has 0 atom stereocenters. The normalized spacial score (nSPS) is 15.5. The van der Waals surface area contributed by atoms with E-state index in [4.69, 9.17) is 0 Å². The number of allylic oxidation sites excluding steroid dienone is 1. The number of hydrogen-bond acceptors (Lipinski definition) is 3. The van der Waals surface area contributed by atoms with E-state index in [0.717, 1.165) is 5.82 Å². The largest absolute Gasteiger partial charge is 0.311 e. The second-order valence-corrected chi connectivity index (χ2v) is 4.45. The summed E-state index contributed by atoms with van der Waals surface area (Å²) in [6, 6.07) is 5.94. The second-order valence-electron chi connectivity index (χ2n) is 3.47. The maximum Gasteiger partial charge on any atom is 0.265 e. The van der Waals surface area contributed by atoms with Gasteiger partial charge >= 0.3 is 0 Å². The van der Waals surface area contributed by atoms with Crippen LogP contribution in [0.1, 0.15) is 6.92 Å². The summed E-state index contributed by atoms with van der Waals surface area (Å²) in [6.45, 7) is 2.15. The zero-order chi connectivity index (χ0) is 10.7.